The van der Waals surface area contributed by atoms with Gasteiger partial charge in [-0.2, -0.15) is 0 Å². The monoisotopic (exact) mass is 259 g/mol. The van der Waals surface area contributed by atoms with Crippen molar-refractivity contribution in [1.82, 2.24) is 0 Å². The molecule has 0 radical (unpaired) electrons. The van der Waals surface area contributed by atoms with Crippen molar-refractivity contribution in [3.8, 4) is 0 Å². The lowest BCUT2D eigenvalue weighted by molar-refractivity contribution is -0.419. The minimum absolute atomic E-state index is 0.178. The summed E-state index contributed by atoms with van der Waals surface area (Å²) < 4.78 is 5.23. The first-order valence-corrected chi connectivity index (χ1v) is 6.31. The molecule has 4 heteroatoms. The minimum Gasteiger partial charge on any atom is -0.377 e. The van der Waals surface area contributed by atoms with Crippen LogP contribution in [-0.2, 0) is 4.74 Å². The van der Waals surface area contributed by atoms with Crippen molar-refractivity contribution in [3.63, 3.8) is 0 Å². The third-order valence-electron chi connectivity index (χ3n) is 3.25. The molecule has 0 aliphatic heterocycles. The predicted octanol–water partition coefficient (Wildman–Crippen LogP) is 3.18. The molecule has 0 aromatic carbocycles. The zero-order chi connectivity index (χ0) is 13.7. The van der Waals surface area contributed by atoms with Crippen LogP contribution in [0.3, 0.4) is 0 Å². The normalized spacial score (nSPS) is 26.4. The quantitative estimate of drug-likeness (QED) is 0.575. The maximum absolute atomic E-state index is 10.6. The van der Waals surface area contributed by atoms with Gasteiger partial charge in [-0.1, -0.05) is 36.5 Å². The van der Waals surface area contributed by atoms with E-state index in [2.05, 4.69) is 18.2 Å². The van der Waals surface area contributed by atoms with Gasteiger partial charge in [-0.05, 0) is 30.4 Å². The molecule has 2 atom stereocenters. The highest BCUT2D eigenvalue weighted by atomic mass is 16.6. The molecule has 0 fully saturated rings. The van der Waals surface area contributed by atoms with Crippen LogP contribution in [0.1, 0.15) is 12.8 Å². The zero-order valence-corrected chi connectivity index (χ0v) is 10.9. The summed E-state index contributed by atoms with van der Waals surface area (Å²) in [5, 5.41) is 10.6. The number of ether oxygens (including phenoxy) is 1. The molecule has 2 aliphatic carbocycles. The lowest BCUT2D eigenvalue weighted by Crippen LogP contribution is -2.08. The molecule has 0 spiro atoms. The Morgan fingerprint density at radius 3 is 2.68 bits per heavy atom. The highest BCUT2D eigenvalue weighted by molar-refractivity contribution is 5.35. The van der Waals surface area contributed by atoms with Crippen molar-refractivity contribution in [2.24, 2.45) is 5.92 Å². The molecule has 0 saturated carbocycles. The van der Waals surface area contributed by atoms with Gasteiger partial charge >= 0.3 is 0 Å². The first-order valence-electron chi connectivity index (χ1n) is 6.31. The molecule has 2 unspecified atom stereocenters. The van der Waals surface area contributed by atoms with Crippen molar-refractivity contribution in [2.45, 2.75) is 18.9 Å². The largest absolute Gasteiger partial charge is 0.377 e. The van der Waals surface area contributed by atoms with E-state index in [9.17, 15) is 10.1 Å². The second-order valence-electron chi connectivity index (χ2n) is 4.58. The molecule has 0 saturated heterocycles. The fraction of sp³-hybridized carbons (Fsp3) is 0.333. The van der Waals surface area contributed by atoms with Crippen LogP contribution in [0, 0.1) is 16.0 Å². The third kappa shape index (κ3) is 3.76. The van der Waals surface area contributed by atoms with E-state index in [1.807, 2.05) is 18.2 Å². The Morgan fingerprint density at radius 1 is 1.32 bits per heavy atom. The Morgan fingerprint density at radius 2 is 2.16 bits per heavy atom. The molecule has 0 amide bonds. The van der Waals surface area contributed by atoms with Gasteiger partial charge in [0, 0.05) is 13.2 Å². The number of nitrogens with zero attached hydrogens (tertiary/aromatic N) is 1. The molecule has 0 aromatic rings. The first kappa shape index (κ1) is 13.5. The van der Waals surface area contributed by atoms with Gasteiger partial charge in [-0.15, -0.1) is 0 Å². The van der Waals surface area contributed by atoms with Crippen LogP contribution in [0.4, 0.5) is 0 Å². The van der Waals surface area contributed by atoms with E-state index >= 15 is 0 Å². The summed E-state index contributed by atoms with van der Waals surface area (Å²) in [6.45, 7) is 0. The molecule has 4 nitrogen and oxygen atoms in total. The third-order valence-corrected chi connectivity index (χ3v) is 3.25. The fourth-order valence-corrected chi connectivity index (χ4v) is 2.05. The van der Waals surface area contributed by atoms with Crippen LogP contribution < -0.4 is 0 Å². The number of rotatable bonds is 4. The lowest BCUT2D eigenvalue weighted by atomic mass is 9.97. The van der Waals surface area contributed by atoms with Crippen LogP contribution >= 0.6 is 0 Å². The molecule has 19 heavy (non-hydrogen) atoms. The summed E-state index contributed by atoms with van der Waals surface area (Å²) >= 11 is 0. The molecular weight excluding hydrogens is 242 g/mol. The number of allylic oxidation sites excluding steroid dienone is 7. The van der Waals surface area contributed by atoms with E-state index in [1.165, 1.54) is 0 Å². The number of hydrogen-bond donors (Lipinski definition) is 0. The van der Waals surface area contributed by atoms with E-state index in [0.29, 0.717) is 6.42 Å². The summed E-state index contributed by atoms with van der Waals surface area (Å²) in [6.07, 6.45) is 17.2. The van der Waals surface area contributed by atoms with Gasteiger partial charge in [0.15, 0.2) is 0 Å². The first-order chi connectivity index (χ1) is 9.19. The average Bonchev–Trinajstić information content (AvgIpc) is 2.46. The second-order valence-corrected chi connectivity index (χ2v) is 4.58. The summed E-state index contributed by atoms with van der Waals surface area (Å²) in [5.74, 6) is 0.234. The van der Waals surface area contributed by atoms with Crippen molar-refractivity contribution >= 4 is 0 Å². The molecule has 2 aliphatic rings. The van der Waals surface area contributed by atoms with Gasteiger partial charge < -0.3 is 4.74 Å². The van der Waals surface area contributed by atoms with E-state index in [0.717, 1.165) is 12.0 Å². The van der Waals surface area contributed by atoms with Crippen LogP contribution in [0.2, 0.25) is 0 Å². The minimum atomic E-state index is -0.353. The maximum atomic E-state index is 10.6. The van der Waals surface area contributed by atoms with Crippen molar-refractivity contribution < 1.29 is 9.66 Å². The predicted molar refractivity (Wildman–Crippen MR) is 74.1 cm³/mol. The second kappa shape index (κ2) is 6.29. The van der Waals surface area contributed by atoms with E-state index in [4.69, 9.17) is 4.74 Å². The number of hydrogen-bond acceptors (Lipinski definition) is 3. The number of methoxy groups -OCH3 is 1. The summed E-state index contributed by atoms with van der Waals surface area (Å²) in [7, 11) is 1.70. The highest BCUT2D eigenvalue weighted by Gasteiger charge is 2.13. The molecule has 2 rings (SSSR count). The van der Waals surface area contributed by atoms with Crippen molar-refractivity contribution in [3.05, 3.63) is 70.0 Å². The van der Waals surface area contributed by atoms with Gasteiger partial charge in [0.05, 0.1) is 11.0 Å². The Bertz CT molecular complexity index is 498. The lowest BCUT2D eigenvalue weighted by Gasteiger charge is -2.13. The highest BCUT2D eigenvalue weighted by Crippen LogP contribution is 2.20. The van der Waals surface area contributed by atoms with E-state index in [-0.39, 0.29) is 22.6 Å². The zero-order valence-electron chi connectivity index (χ0n) is 10.9. The summed E-state index contributed by atoms with van der Waals surface area (Å²) in [4.78, 5) is 10.2. The van der Waals surface area contributed by atoms with Crippen molar-refractivity contribution in [1.29, 1.82) is 0 Å². The van der Waals surface area contributed by atoms with Gasteiger partial charge in [0.2, 0.25) is 0 Å². The molecule has 100 valence electrons. The maximum Gasteiger partial charge on any atom is 0.265 e. The van der Waals surface area contributed by atoms with Gasteiger partial charge in [0.25, 0.3) is 5.70 Å². The molecule has 0 bridgehead atoms. The fourth-order valence-electron chi connectivity index (χ4n) is 2.05. The van der Waals surface area contributed by atoms with Crippen molar-refractivity contribution in [2.75, 3.05) is 7.11 Å². The molecular formula is C15H17NO3. The van der Waals surface area contributed by atoms with Crippen LogP contribution in [0.25, 0.3) is 0 Å². The average molecular weight is 259 g/mol. The smallest absolute Gasteiger partial charge is 0.265 e. The Kier molecular flexibility index (Phi) is 4.47. The summed E-state index contributed by atoms with van der Waals surface area (Å²) in [5.41, 5.74) is 1.34. The van der Waals surface area contributed by atoms with Gasteiger partial charge in [-0.25, -0.2) is 0 Å². The van der Waals surface area contributed by atoms with Crippen LogP contribution in [0.15, 0.2) is 59.9 Å². The van der Waals surface area contributed by atoms with Crippen LogP contribution in [-0.4, -0.2) is 18.1 Å². The van der Waals surface area contributed by atoms with Gasteiger partial charge in [0.1, 0.15) is 0 Å². The van der Waals surface area contributed by atoms with E-state index < -0.39 is 0 Å². The van der Waals surface area contributed by atoms with Crippen LogP contribution in [0.5, 0.6) is 0 Å². The Labute approximate surface area is 112 Å². The summed E-state index contributed by atoms with van der Waals surface area (Å²) in [6, 6.07) is 0. The Balaban J connectivity index is 1.89. The SMILES string of the molecule is COC1C=CC(/C=C\C2C=CC([N+](=O)[O-])=CC2)=CC1. The molecule has 0 N–H and O–H groups in total. The number of nitro groups is 1. The molecule has 0 aromatic heterocycles. The Hall–Kier alpha value is -1.94. The standard InChI is InChI=1S/C15H17NO3/c1-19-15-10-6-13(7-11-15)3-2-12-4-8-14(9-5-12)16(17)18/h2-4,6-10,12,15H,5,11H2,1H3/b3-2-. The van der Waals surface area contributed by atoms with Gasteiger partial charge in [-0.3, -0.25) is 10.1 Å². The topological polar surface area (TPSA) is 52.4 Å². The molecule has 0 heterocycles. The van der Waals surface area contributed by atoms with E-state index in [1.54, 1.807) is 19.3 Å².